The fraction of sp³-hybridized carbons (Fsp3) is 0.769. The highest BCUT2D eigenvalue weighted by Gasteiger charge is 2.14. The van der Waals surface area contributed by atoms with E-state index in [0.29, 0.717) is 0 Å². The zero-order chi connectivity index (χ0) is 12.1. The summed E-state index contributed by atoms with van der Waals surface area (Å²) in [5, 5.41) is 4.77. The van der Waals surface area contributed by atoms with Crippen molar-refractivity contribution >= 4 is 11.3 Å². The van der Waals surface area contributed by atoms with Crippen LogP contribution in [0.1, 0.15) is 34.8 Å². The summed E-state index contributed by atoms with van der Waals surface area (Å²) in [5.41, 5.74) is 1.38. The molecule has 0 aromatic carbocycles. The topological polar surface area (TPSA) is 28.2 Å². The summed E-state index contributed by atoms with van der Waals surface area (Å²) in [6.07, 6.45) is 6.34. The molecule has 0 fully saturated rings. The third-order valence-electron chi connectivity index (χ3n) is 3.13. The molecule has 1 aliphatic carbocycles. The first-order valence-corrected chi connectivity index (χ1v) is 7.40. The summed E-state index contributed by atoms with van der Waals surface area (Å²) in [6.45, 7) is 3.19. The molecule has 0 radical (unpaired) electrons. The molecule has 0 atom stereocenters. The zero-order valence-electron chi connectivity index (χ0n) is 11.0. The predicted molar refractivity (Wildman–Crippen MR) is 73.6 cm³/mol. The lowest BCUT2D eigenvalue weighted by Crippen LogP contribution is -2.20. The Morgan fingerprint density at radius 1 is 1.29 bits per heavy atom. The Bertz CT molecular complexity index is 323. The quantitative estimate of drug-likeness (QED) is 0.787. The number of aromatic nitrogens is 1. The molecule has 0 spiro atoms. The minimum Gasteiger partial charge on any atom is -0.310 e. The minimum absolute atomic E-state index is 0.949. The van der Waals surface area contributed by atoms with Crippen LogP contribution in [0.2, 0.25) is 0 Å². The summed E-state index contributed by atoms with van der Waals surface area (Å²) >= 11 is 1.92. The van der Waals surface area contributed by atoms with Crippen LogP contribution in [-0.2, 0) is 19.4 Å². The Labute approximate surface area is 108 Å². The number of hydrogen-bond donors (Lipinski definition) is 1. The normalized spacial score (nSPS) is 15.2. The summed E-state index contributed by atoms with van der Waals surface area (Å²) in [7, 11) is 4.24. The Morgan fingerprint density at radius 3 is 2.88 bits per heavy atom. The first kappa shape index (κ1) is 13.0. The Kier molecular flexibility index (Phi) is 4.95. The summed E-state index contributed by atoms with van der Waals surface area (Å²) in [4.78, 5) is 8.50. The minimum atomic E-state index is 0.949. The van der Waals surface area contributed by atoms with Crippen LogP contribution in [0.25, 0.3) is 0 Å². The molecule has 0 bridgehead atoms. The van der Waals surface area contributed by atoms with Crippen molar-refractivity contribution in [2.24, 2.45) is 0 Å². The third kappa shape index (κ3) is 4.05. The second-order valence-electron chi connectivity index (χ2n) is 5.02. The molecule has 0 amide bonds. The second-order valence-corrected chi connectivity index (χ2v) is 6.19. The maximum absolute atomic E-state index is 4.73. The van der Waals surface area contributed by atoms with E-state index in [0.717, 1.165) is 19.6 Å². The summed E-state index contributed by atoms with van der Waals surface area (Å²) < 4.78 is 0. The molecule has 17 heavy (non-hydrogen) atoms. The van der Waals surface area contributed by atoms with Crippen LogP contribution in [0.3, 0.4) is 0 Å². The van der Waals surface area contributed by atoms with E-state index in [2.05, 4.69) is 24.3 Å². The highest BCUT2D eigenvalue weighted by molar-refractivity contribution is 7.11. The van der Waals surface area contributed by atoms with Gasteiger partial charge in [-0.05, 0) is 59.3 Å². The largest absolute Gasteiger partial charge is 0.310 e. The molecule has 1 aliphatic rings. The van der Waals surface area contributed by atoms with Gasteiger partial charge in [-0.1, -0.05) is 0 Å². The van der Waals surface area contributed by atoms with Gasteiger partial charge in [0.15, 0.2) is 0 Å². The molecule has 4 heteroatoms. The van der Waals surface area contributed by atoms with Crippen molar-refractivity contribution in [3.63, 3.8) is 0 Å². The maximum Gasteiger partial charge on any atom is 0.107 e. The lowest BCUT2D eigenvalue weighted by Gasteiger charge is -2.08. The van der Waals surface area contributed by atoms with Crippen LogP contribution < -0.4 is 5.32 Å². The van der Waals surface area contributed by atoms with E-state index in [4.69, 9.17) is 4.98 Å². The van der Waals surface area contributed by atoms with Crippen molar-refractivity contribution < 1.29 is 0 Å². The van der Waals surface area contributed by atoms with Gasteiger partial charge in [0, 0.05) is 11.4 Å². The van der Waals surface area contributed by atoms with Gasteiger partial charge in [-0.15, -0.1) is 11.3 Å². The first-order valence-electron chi connectivity index (χ1n) is 6.58. The molecule has 0 saturated heterocycles. The van der Waals surface area contributed by atoms with Gasteiger partial charge in [-0.3, -0.25) is 0 Å². The molecule has 1 aromatic rings. The van der Waals surface area contributed by atoms with Crippen molar-refractivity contribution in [1.29, 1.82) is 0 Å². The highest BCUT2D eigenvalue weighted by Crippen LogP contribution is 2.26. The molecular weight excluding hydrogens is 230 g/mol. The summed E-state index contributed by atoms with van der Waals surface area (Å²) in [6, 6.07) is 0. The van der Waals surface area contributed by atoms with Crippen LogP contribution in [0.15, 0.2) is 0 Å². The van der Waals surface area contributed by atoms with Crippen LogP contribution in [0, 0.1) is 0 Å². The van der Waals surface area contributed by atoms with Crippen molar-refractivity contribution in [2.45, 2.75) is 38.6 Å². The van der Waals surface area contributed by atoms with Gasteiger partial charge < -0.3 is 10.2 Å². The molecular formula is C13H23N3S. The van der Waals surface area contributed by atoms with Gasteiger partial charge in [0.25, 0.3) is 0 Å². The molecule has 1 aromatic heterocycles. The van der Waals surface area contributed by atoms with Crippen molar-refractivity contribution in [3.8, 4) is 0 Å². The number of aryl methyl sites for hydroxylation is 2. The van der Waals surface area contributed by atoms with Crippen LogP contribution >= 0.6 is 11.3 Å². The smallest absolute Gasteiger partial charge is 0.107 e. The molecule has 0 unspecified atom stereocenters. The molecule has 1 heterocycles. The fourth-order valence-corrected chi connectivity index (χ4v) is 3.32. The molecule has 0 saturated carbocycles. The van der Waals surface area contributed by atoms with Crippen LogP contribution in [0.5, 0.6) is 0 Å². The van der Waals surface area contributed by atoms with Crippen LogP contribution in [-0.4, -0.2) is 37.1 Å². The predicted octanol–water partition coefficient (Wildman–Crippen LogP) is 2.06. The van der Waals surface area contributed by atoms with Gasteiger partial charge in [0.05, 0.1) is 5.69 Å². The summed E-state index contributed by atoms with van der Waals surface area (Å²) in [5.74, 6) is 0. The molecule has 96 valence electrons. The Hall–Kier alpha value is -0.450. The first-order chi connectivity index (χ1) is 8.25. The zero-order valence-corrected chi connectivity index (χ0v) is 11.8. The lowest BCUT2D eigenvalue weighted by molar-refractivity contribution is 0.394. The van der Waals surface area contributed by atoms with Crippen molar-refractivity contribution in [2.75, 3.05) is 27.2 Å². The fourth-order valence-electron chi connectivity index (χ4n) is 2.20. The van der Waals surface area contributed by atoms with Crippen molar-refractivity contribution in [3.05, 3.63) is 15.6 Å². The van der Waals surface area contributed by atoms with Gasteiger partial charge >= 0.3 is 0 Å². The van der Waals surface area contributed by atoms with E-state index in [-0.39, 0.29) is 0 Å². The molecule has 2 rings (SSSR count). The monoisotopic (exact) mass is 253 g/mol. The SMILES string of the molecule is CN(C)CCCNCc1nc2c(s1)CCCC2. The standard InChI is InChI=1S/C13H23N3S/c1-16(2)9-5-8-14-10-13-15-11-6-3-4-7-12(11)17-13/h14H,3-10H2,1-2H3. The van der Waals surface area contributed by atoms with Crippen LogP contribution in [0.4, 0.5) is 0 Å². The van der Waals surface area contributed by atoms with E-state index in [9.17, 15) is 0 Å². The average Bonchev–Trinajstić information content (AvgIpc) is 2.70. The second kappa shape index (κ2) is 6.47. The number of thiazole rings is 1. The van der Waals surface area contributed by atoms with Gasteiger partial charge in [-0.25, -0.2) is 4.98 Å². The number of rotatable bonds is 6. The number of hydrogen-bond acceptors (Lipinski definition) is 4. The maximum atomic E-state index is 4.73. The highest BCUT2D eigenvalue weighted by atomic mass is 32.1. The van der Waals surface area contributed by atoms with Gasteiger partial charge in [-0.2, -0.15) is 0 Å². The molecule has 3 nitrogen and oxygen atoms in total. The molecule has 1 N–H and O–H groups in total. The van der Waals surface area contributed by atoms with E-state index in [1.54, 1.807) is 4.88 Å². The van der Waals surface area contributed by atoms with Gasteiger partial charge in [0.2, 0.25) is 0 Å². The number of fused-ring (bicyclic) bond motifs is 1. The third-order valence-corrected chi connectivity index (χ3v) is 4.28. The molecule has 0 aliphatic heterocycles. The Balaban J connectivity index is 1.70. The number of nitrogens with one attached hydrogen (secondary N) is 1. The van der Waals surface area contributed by atoms with Crippen molar-refractivity contribution in [1.82, 2.24) is 15.2 Å². The van der Waals surface area contributed by atoms with Gasteiger partial charge in [0.1, 0.15) is 5.01 Å². The lowest BCUT2D eigenvalue weighted by atomic mass is 10.0. The van der Waals surface area contributed by atoms with E-state index < -0.39 is 0 Å². The van der Waals surface area contributed by atoms with E-state index in [1.165, 1.54) is 42.8 Å². The van der Waals surface area contributed by atoms with E-state index in [1.807, 2.05) is 11.3 Å². The van der Waals surface area contributed by atoms with E-state index >= 15 is 0 Å². The number of nitrogens with zero attached hydrogens (tertiary/aromatic N) is 2. The Morgan fingerprint density at radius 2 is 2.12 bits per heavy atom. The average molecular weight is 253 g/mol.